The predicted octanol–water partition coefficient (Wildman–Crippen LogP) is 0.958. The third-order valence-electron chi connectivity index (χ3n) is 2.47. The molecule has 3 aliphatic rings. The molecule has 8 heavy (non-hydrogen) atoms. The fourth-order valence-electron chi connectivity index (χ4n) is 2.13. The fourth-order valence-corrected chi connectivity index (χ4v) is 2.13. The largest absolute Gasteiger partial charge is 0.306 e. The van der Waals surface area contributed by atoms with E-state index in [2.05, 4.69) is 11.9 Å². The average molecular weight is 111 g/mol. The first-order chi connectivity index (χ1) is 3.84. The number of fused-ring (bicyclic) bond motifs is 2. The topological polar surface area (TPSA) is 3.24 Å². The van der Waals surface area contributed by atoms with Gasteiger partial charge in [0.1, 0.15) is 0 Å². The van der Waals surface area contributed by atoms with Crippen molar-refractivity contribution >= 4 is 0 Å². The average Bonchev–Trinajstić information content (AvgIpc) is 1.62. The summed E-state index contributed by atoms with van der Waals surface area (Å²) >= 11 is 0. The lowest BCUT2D eigenvalue weighted by molar-refractivity contribution is 0.0443. The summed E-state index contributed by atoms with van der Waals surface area (Å²) in [7, 11) is 2.23. The van der Waals surface area contributed by atoms with E-state index in [4.69, 9.17) is 0 Å². The molecule has 0 N–H and O–H groups in total. The van der Waals surface area contributed by atoms with Gasteiger partial charge < -0.3 is 4.90 Å². The van der Waals surface area contributed by atoms with Crippen LogP contribution in [-0.2, 0) is 0 Å². The molecule has 2 saturated heterocycles. The Morgan fingerprint density at radius 3 is 1.88 bits per heavy atom. The van der Waals surface area contributed by atoms with Crippen molar-refractivity contribution in [2.24, 2.45) is 11.8 Å². The third kappa shape index (κ3) is 0.576. The van der Waals surface area contributed by atoms with Gasteiger partial charge in [-0.1, -0.05) is 0 Å². The van der Waals surface area contributed by atoms with Gasteiger partial charge in [-0.3, -0.25) is 0 Å². The SMILES string of the molecule is CN1CC2CC(C2)C1. The van der Waals surface area contributed by atoms with Crippen LogP contribution in [0.1, 0.15) is 12.8 Å². The van der Waals surface area contributed by atoms with Crippen LogP contribution in [0, 0.1) is 11.8 Å². The molecular formula is C7H13N. The van der Waals surface area contributed by atoms with Gasteiger partial charge in [-0.15, -0.1) is 0 Å². The van der Waals surface area contributed by atoms with Crippen molar-refractivity contribution < 1.29 is 0 Å². The van der Waals surface area contributed by atoms with Crippen molar-refractivity contribution in [3.63, 3.8) is 0 Å². The van der Waals surface area contributed by atoms with E-state index in [1.807, 2.05) is 0 Å². The first-order valence-corrected chi connectivity index (χ1v) is 3.53. The van der Waals surface area contributed by atoms with E-state index >= 15 is 0 Å². The van der Waals surface area contributed by atoms with Crippen LogP contribution in [0.15, 0.2) is 0 Å². The molecule has 3 fully saturated rings. The van der Waals surface area contributed by atoms with E-state index in [1.165, 1.54) is 25.9 Å². The highest BCUT2D eigenvalue weighted by atomic mass is 15.1. The lowest BCUT2D eigenvalue weighted by Crippen LogP contribution is -2.46. The zero-order valence-electron chi connectivity index (χ0n) is 5.43. The minimum absolute atomic E-state index is 1.08. The summed E-state index contributed by atoms with van der Waals surface area (Å²) in [6.07, 6.45) is 3.06. The Morgan fingerprint density at radius 1 is 1.12 bits per heavy atom. The van der Waals surface area contributed by atoms with E-state index in [0.29, 0.717) is 0 Å². The van der Waals surface area contributed by atoms with Gasteiger partial charge in [0.15, 0.2) is 0 Å². The van der Waals surface area contributed by atoms with Crippen molar-refractivity contribution in [3.05, 3.63) is 0 Å². The van der Waals surface area contributed by atoms with Gasteiger partial charge in [0.05, 0.1) is 0 Å². The number of nitrogens with zero attached hydrogens (tertiary/aromatic N) is 1. The molecule has 0 aromatic rings. The monoisotopic (exact) mass is 111 g/mol. The predicted molar refractivity (Wildman–Crippen MR) is 33.7 cm³/mol. The summed E-state index contributed by atoms with van der Waals surface area (Å²) in [5.74, 6) is 2.16. The molecule has 0 unspecified atom stereocenters. The Balaban J connectivity index is 1.97. The maximum absolute atomic E-state index is 2.46. The van der Waals surface area contributed by atoms with Crippen LogP contribution in [0.2, 0.25) is 0 Å². The maximum Gasteiger partial charge on any atom is 0.000694 e. The van der Waals surface area contributed by atoms with Gasteiger partial charge in [0.2, 0.25) is 0 Å². The highest BCUT2D eigenvalue weighted by Crippen LogP contribution is 2.38. The van der Waals surface area contributed by atoms with E-state index in [9.17, 15) is 0 Å². The zero-order chi connectivity index (χ0) is 5.56. The molecule has 0 aromatic heterocycles. The van der Waals surface area contributed by atoms with Crippen molar-refractivity contribution in [2.45, 2.75) is 12.8 Å². The second kappa shape index (κ2) is 1.47. The van der Waals surface area contributed by atoms with E-state index in [-0.39, 0.29) is 0 Å². The highest BCUT2D eigenvalue weighted by molar-refractivity contribution is 4.87. The molecule has 3 rings (SSSR count). The first-order valence-electron chi connectivity index (χ1n) is 3.53. The van der Waals surface area contributed by atoms with Crippen LogP contribution in [0.25, 0.3) is 0 Å². The van der Waals surface area contributed by atoms with Crippen molar-refractivity contribution in [1.29, 1.82) is 0 Å². The number of piperidine rings is 2. The van der Waals surface area contributed by atoms with Crippen LogP contribution in [0.3, 0.4) is 0 Å². The van der Waals surface area contributed by atoms with E-state index < -0.39 is 0 Å². The number of rotatable bonds is 0. The molecule has 2 bridgehead atoms. The van der Waals surface area contributed by atoms with Crippen LogP contribution < -0.4 is 0 Å². The van der Waals surface area contributed by atoms with Gasteiger partial charge in [-0.2, -0.15) is 0 Å². The van der Waals surface area contributed by atoms with Gasteiger partial charge >= 0.3 is 0 Å². The molecule has 1 saturated carbocycles. The zero-order valence-corrected chi connectivity index (χ0v) is 5.43. The van der Waals surface area contributed by atoms with E-state index in [1.54, 1.807) is 0 Å². The third-order valence-corrected chi connectivity index (χ3v) is 2.47. The molecule has 1 heteroatoms. The van der Waals surface area contributed by atoms with Crippen LogP contribution in [0.4, 0.5) is 0 Å². The molecule has 46 valence electrons. The minimum Gasteiger partial charge on any atom is -0.306 e. The standard InChI is InChI=1S/C7H13N/c1-8-4-6-2-7(3-6)5-8/h6-7H,2-5H2,1H3. The molecular weight excluding hydrogens is 98.1 g/mol. The quantitative estimate of drug-likeness (QED) is 0.450. The lowest BCUT2D eigenvalue weighted by Gasteiger charge is -2.45. The summed E-state index contributed by atoms with van der Waals surface area (Å²) in [6, 6.07) is 0. The van der Waals surface area contributed by atoms with E-state index in [0.717, 1.165) is 11.8 Å². The summed E-state index contributed by atoms with van der Waals surface area (Å²) < 4.78 is 0. The van der Waals surface area contributed by atoms with Crippen molar-refractivity contribution in [2.75, 3.05) is 20.1 Å². The second-order valence-electron chi connectivity index (χ2n) is 3.42. The Hall–Kier alpha value is -0.0400. The molecule has 0 aromatic carbocycles. The number of hydrogen-bond donors (Lipinski definition) is 0. The van der Waals surface area contributed by atoms with Crippen LogP contribution in [0.5, 0.6) is 0 Å². The van der Waals surface area contributed by atoms with Crippen LogP contribution >= 0.6 is 0 Å². The number of hydrogen-bond acceptors (Lipinski definition) is 1. The maximum atomic E-state index is 2.46. The van der Waals surface area contributed by atoms with Crippen LogP contribution in [-0.4, -0.2) is 25.0 Å². The smallest absolute Gasteiger partial charge is 0.000694 e. The van der Waals surface area contributed by atoms with Gasteiger partial charge in [0.25, 0.3) is 0 Å². The molecule has 1 nitrogen and oxygen atoms in total. The van der Waals surface area contributed by atoms with Crippen molar-refractivity contribution in [3.8, 4) is 0 Å². The molecule has 2 heterocycles. The Bertz CT molecular complexity index is 84.6. The molecule has 0 amide bonds. The normalized spacial score (nSPS) is 46.1. The van der Waals surface area contributed by atoms with Gasteiger partial charge in [-0.05, 0) is 31.7 Å². The Morgan fingerprint density at radius 2 is 1.62 bits per heavy atom. The first kappa shape index (κ1) is 4.80. The summed E-state index contributed by atoms with van der Waals surface area (Å²) in [4.78, 5) is 2.46. The van der Waals surface area contributed by atoms with Gasteiger partial charge in [-0.25, -0.2) is 0 Å². The molecule has 0 atom stereocenters. The summed E-state index contributed by atoms with van der Waals surface area (Å²) in [6.45, 7) is 2.74. The summed E-state index contributed by atoms with van der Waals surface area (Å²) in [5, 5.41) is 0. The highest BCUT2D eigenvalue weighted by Gasteiger charge is 2.35. The molecule has 2 aliphatic heterocycles. The molecule has 1 aliphatic carbocycles. The second-order valence-corrected chi connectivity index (χ2v) is 3.42. The van der Waals surface area contributed by atoms with Crippen molar-refractivity contribution in [1.82, 2.24) is 4.90 Å². The molecule has 0 radical (unpaired) electrons. The Kier molecular flexibility index (Phi) is 0.884. The minimum atomic E-state index is 1.08. The Labute approximate surface area is 50.7 Å². The fraction of sp³-hybridized carbons (Fsp3) is 1.00. The summed E-state index contributed by atoms with van der Waals surface area (Å²) in [5.41, 5.74) is 0. The van der Waals surface area contributed by atoms with Gasteiger partial charge in [0, 0.05) is 13.1 Å². The lowest BCUT2D eigenvalue weighted by atomic mass is 9.71. The molecule has 0 spiro atoms.